The van der Waals surface area contributed by atoms with E-state index in [1.807, 2.05) is 66.2 Å². The van der Waals surface area contributed by atoms with E-state index in [4.69, 9.17) is 9.84 Å². The number of rotatable bonds is 6. The predicted molar refractivity (Wildman–Crippen MR) is 118 cm³/mol. The lowest BCUT2D eigenvalue weighted by atomic mass is 9.69. The Hall–Kier alpha value is -3.41. The first kappa shape index (κ1) is 20.8. The molecule has 1 heterocycles. The van der Waals surface area contributed by atoms with Crippen LogP contribution in [0.2, 0.25) is 0 Å². The second kappa shape index (κ2) is 8.38. The molecular weight excluding hydrogens is 392 g/mol. The summed E-state index contributed by atoms with van der Waals surface area (Å²) in [5.74, 6) is 0.0701. The van der Waals surface area contributed by atoms with Crippen LogP contribution in [0.15, 0.2) is 54.6 Å². The zero-order chi connectivity index (χ0) is 22.0. The number of aryl methyl sites for hydroxylation is 1. The monoisotopic (exact) mass is 418 g/mol. The highest BCUT2D eigenvalue weighted by Gasteiger charge is 2.41. The highest BCUT2D eigenvalue weighted by molar-refractivity contribution is 5.80. The molecule has 4 rings (SSSR count). The van der Waals surface area contributed by atoms with Crippen molar-refractivity contribution in [1.82, 2.24) is 9.78 Å². The zero-order valence-corrected chi connectivity index (χ0v) is 17.8. The van der Waals surface area contributed by atoms with Crippen molar-refractivity contribution in [3.05, 3.63) is 65.9 Å². The van der Waals surface area contributed by atoms with Crippen molar-refractivity contribution in [3.8, 4) is 22.7 Å². The van der Waals surface area contributed by atoms with Crippen molar-refractivity contribution in [2.45, 2.75) is 44.4 Å². The van der Waals surface area contributed by atoms with Crippen molar-refractivity contribution in [2.75, 3.05) is 7.11 Å². The molecule has 0 atom stereocenters. The molecule has 0 saturated heterocycles. The minimum atomic E-state index is -0.870. The Labute approximate surface area is 181 Å². The third-order valence-electron chi connectivity index (χ3n) is 6.17. The van der Waals surface area contributed by atoms with Gasteiger partial charge in [0, 0.05) is 23.8 Å². The highest BCUT2D eigenvalue weighted by atomic mass is 16.5. The standard InChI is InChI=1S/C25H26N2O4/c1-17-3-5-18(6-4-17)22-15-23(25(16-24(29)30)13-11-20(28)12-14-25)26-27(22)19-7-9-21(31-2)10-8-19/h3-10,15H,11-14,16H2,1-2H3,(H,29,30). The van der Waals surface area contributed by atoms with E-state index in [-0.39, 0.29) is 12.2 Å². The maximum Gasteiger partial charge on any atom is 0.304 e. The Morgan fingerprint density at radius 2 is 1.74 bits per heavy atom. The quantitative estimate of drug-likeness (QED) is 0.627. The molecule has 1 N–H and O–H groups in total. The molecular formula is C25H26N2O4. The zero-order valence-electron chi connectivity index (χ0n) is 17.8. The topological polar surface area (TPSA) is 81.4 Å². The molecule has 31 heavy (non-hydrogen) atoms. The molecule has 0 spiro atoms. The minimum Gasteiger partial charge on any atom is -0.497 e. The van der Waals surface area contributed by atoms with Crippen LogP contribution in [0.3, 0.4) is 0 Å². The van der Waals surface area contributed by atoms with Gasteiger partial charge in [0.25, 0.3) is 0 Å². The molecule has 1 fully saturated rings. The molecule has 1 saturated carbocycles. The van der Waals surface area contributed by atoms with Crippen molar-refractivity contribution in [3.63, 3.8) is 0 Å². The van der Waals surface area contributed by atoms with E-state index in [1.165, 1.54) is 0 Å². The van der Waals surface area contributed by atoms with Gasteiger partial charge in [-0.2, -0.15) is 5.10 Å². The summed E-state index contributed by atoms with van der Waals surface area (Å²) in [5, 5.41) is 14.5. The summed E-state index contributed by atoms with van der Waals surface area (Å²) < 4.78 is 7.14. The van der Waals surface area contributed by atoms with Crippen LogP contribution < -0.4 is 4.74 Å². The number of aromatic nitrogens is 2. The average molecular weight is 418 g/mol. The second-order valence-corrected chi connectivity index (χ2v) is 8.28. The number of Topliss-reactive ketones (excluding diaryl/α,β-unsaturated/α-hetero) is 1. The van der Waals surface area contributed by atoms with Gasteiger partial charge in [-0.1, -0.05) is 29.8 Å². The van der Waals surface area contributed by atoms with Crippen LogP contribution in [0, 0.1) is 6.92 Å². The average Bonchev–Trinajstić information content (AvgIpc) is 3.22. The fourth-order valence-corrected chi connectivity index (χ4v) is 4.31. The summed E-state index contributed by atoms with van der Waals surface area (Å²) in [7, 11) is 1.62. The van der Waals surface area contributed by atoms with E-state index in [2.05, 4.69) is 0 Å². The lowest BCUT2D eigenvalue weighted by Gasteiger charge is -2.33. The van der Waals surface area contributed by atoms with Crippen molar-refractivity contribution in [1.29, 1.82) is 0 Å². The molecule has 2 aromatic carbocycles. The SMILES string of the molecule is COc1ccc(-n2nc(C3(CC(=O)O)CCC(=O)CC3)cc2-c2ccc(C)cc2)cc1. The number of benzene rings is 2. The number of carboxylic acids is 1. The molecule has 1 aromatic heterocycles. The maximum absolute atomic E-state index is 11.9. The number of aliphatic carboxylic acids is 1. The van der Waals surface area contributed by atoms with Crippen LogP contribution in [-0.4, -0.2) is 33.7 Å². The molecule has 6 heteroatoms. The lowest BCUT2D eigenvalue weighted by molar-refractivity contribution is -0.139. The largest absolute Gasteiger partial charge is 0.497 e. The number of nitrogens with zero attached hydrogens (tertiary/aromatic N) is 2. The van der Waals surface area contributed by atoms with E-state index in [1.54, 1.807) is 7.11 Å². The summed E-state index contributed by atoms with van der Waals surface area (Å²) in [6.07, 6.45) is 1.76. The number of methoxy groups -OCH3 is 1. The van der Waals surface area contributed by atoms with E-state index < -0.39 is 11.4 Å². The molecule has 0 unspecified atom stereocenters. The van der Waals surface area contributed by atoms with Gasteiger partial charge in [0.2, 0.25) is 0 Å². The summed E-state index contributed by atoms with van der Waals surface area (Å²) in [5.41, 5.74) is 4.00. The Morgan fingerprint density at radius 3 is 2.32 bits per heavy atom. The summed E-state index contributed by atoms with van der Waals surface area (Å²) in [4.78, 5) is 23.6. The fraction of sp³-hybridized carbons (Fsp3) is 0.320. The fourth-order valence-electron chi connectivity index (χ4n) is 4.31. The number of ether oxygens (including phenoxy) is 1. The van der Waals surface area contributed by atoms with Crippen molar-refractivity contribution < 1.29 is 19.4 Å². The van der Waals surface area contributed by atoms with Crippen LogP contribution >= 0.6 is 0 Å². The number of ketones is 1. The molecule has 160 valence electrons. The number of hydrogen-bond acceptors (Lipinski definition) is 4. The van der Waals surface area contributed by atoms with E-state index in [9.17, 15) is 14.7 Å². The normalized spacial score (nSPS) is 15.6. The van der Waals surface area contributed by atoms with Gasteiger partial charge in [-0.05, 0) is 50.1 Å². The Bertz CT molecular complexity index is 1090. The van der Waals surface area contributed by atoms with E-state index in [0.29, 0.717) is 25.7 Å². The Kier molecular flexibility index (Phi) is 5.63. The first-order chi connectivity index (χ1) is 14.9. The van der Waals surface area contributed by atoms with E-state index in [0.717, 1.165) is 34.0 Å². The van der Waals surface area contributed by atoms with Crippen LogP contribution in [-0.2, 0) is 15.0 Å². The van der Waals surface area contributed by atoms with Crippen LogP contribution in [0.1, 0.15) is 43.4 Å². The smallest absolute Gasteiger partial charge is 0.304 e. The van der Waals surface area contributed by atoms with Gasteiger partial charge >= 0.3 is 5.97 Å². The van der Waals surface area contributed by atoms with Crippen LogP contribution in [0.5, 0.6) is 5.75 Å². The number of carbonyl (C=O) groups excluding carboxylic acids is 1. The van der Waals surface area contributed by atoms with Gasteiger partial charge in [0.1, 0.15) is 11.5 Å². The lowest BCUT2D eigenvalue weighted by Crippen LogP contribution is -2.35. The third-order valence-corrected chi connectivity index (χ3v) is 6.17. The summed E-state index contributed by atoms with van der Waals surface area (Å²) in [6.45, 7) is 2.04. The molecule has 0 aliphatic heterocycles. The van der Waals surface area contributed by atoms with Crippen molar-refractivity contribution >= 4 is 11.8 Å². The molecule has 1 aliphatic carbocycles. The Balaban J connectivity index is 1.86. The van der Waals surface area contributed by atoms with Gasteiger partial charge in [0.05, 0.1) is 30.6 Å². The first-order valence-corrected chi connectivity index (χ1v) is 10.5. The third kappa shape index (κ3) is 4.24. The van der Waals surface area contributed by atoms with Crippen molar-refractivity contribution in [2.24, 2.45) is 0 Å². The number of carbonyl (C=O) groups is 2. The molecule has 0 radical (unpaired) electrons. The number of carboxylic acid groups (broad SMARTS) is 1. The molecule has 6 nitrogen and oxygen atoms in total. The first-order valence-electron chi connectivity index (χ1n) is 10.5. The van der Waals surface area contributed by atoms with Gasteiger partial charge in [0.15, 0.2) is 0 Å². The van der Waals surface area contributed by atoms with Crippen LogP contribution in [0.4, 0.5) is 0 Å². The molecule has 0 bridgehead atoms. The summed E-state index contributed by atoms with van der Waals surface area (Å²) >= 11 is 0. The molecule has 3 aromatic rings. The second-order valence-electron chi connectivity index (χ2n) is 8.28. The van der Waals surface area contributed by atoms with E-state index >= 15 is 0 Å². The van der Waals surface area contributed by atoms with Gasteiger partial charge in [-0.25, -0.2) is 4.68 Å². The van der Waals surface area contributed by atoms with Crippen LogP contribution in [0.25, 0.3) is 16.9 Å². The number of hydrogen-bond donors (Lipinski definition) is 1. The maximum atomic E-state index is 11.9. The minimum absolute atomic E-state index is 0.0345. The molecule has 1 aliphatic rings. The Morgan fingerprint density at radius 1 is 1.10 bits per heavy atom. The van der Waals surface area contributed by atoms with Gasteiger partial charge in [-0.15, -0.1) is 0 Å². The van der Waals surface area contributed by atoms with Gasteiger partial charge in [-0.3, -0.25) is 9.59 Å². The predicted octanol–water partition coefficient (Wildman–Crippen LogP) is 4.71. The summed E-state index contributed by atoms with van der Waals surface area (Å²) in [6, 6.07) is 17.8. The van der Waals surface area contributed by atoms with Gasteiger partial charge < -0.3 is 9.84 Å². The molecule has 0 amide bonds. The highest BCUT2D eigenvalue weighted by Crippen LogP contribution is 2.42.